The first-order valence-corrected chi connectivity index (χ1v) is 7.11. The molecule has 0 fully saturated rings. The van der Waals surface area contributed by atoms with E-state index in [2.05, 4.69) is 21.6 Å². The van der Waals surface area contributed by atoms with Crippen molar-refractivity contribution in [3.8, 4) is 0 Å². The smallest absolute Gasteiger partial charge is 0.179 e. The zero-order valence-electron chi connectivity index (χ0n) is 9.53. The van der Waals surface area contributed by atoms with Crippen molar-refractivity contribution in [3.05, 3.63) is 33.8 Å². The molecule has 1 aromatic carbocycles. The molecule has 0 saturated heterocycles. The molecule has 0 unspecified atom stereocenters. The van der Waals surface area contributed by atoms with Crippen molar-refractivity contribution in [3.63, 3.8) is 0 Å². The van der Waals surface area contributed by atoms with E-state index in [4.69, 9.17) is 11.6 Å². The summed E-state index contributed by atoms with van der Waals surface area (Å²) >= 11 is 9.37. The Hall–Kier alpha value is -0.620. The molecule has 1 heterocycles. The molecule has 0 spiro atoms. The van der Waals surface area contributed by atoms with Crippen LogP contribution in [-0.4, -0.2) is 17.2 Å². The lowest BCUT2D eigenvalue weighted by atomic mass is 10.2. The summed E-state index contributed by atoms with van der Waals surface area (Å²) in [6.07, 6.45) is 0. The predicted octanol–water partition coefficient (Wildman–Crippen LogP) is 3.37. The van der Waals surface area contributed by atoms with Crippen molar-refractivity contribution >= 4 is 34.7 Å². The zero-order chi connectivity index (χ0) is 12.3. The summed E-state index contributed by atoms with van der Waals surface area (Å²) in [6, 6.07) is 6.06. The Labute approximate surface area is 114 Å². The van der Waals surface area contributed by atoms with Crippen molar-refractivity contribution in [2.75, 3.05) is 7.05 Å². The molecule has 0 aliphatic heterocycles. The second-order valence-electron chi connectivity index (χ2n) is 3.47. The standard InChI is InChI=1S/C11H12ClN3S2/c1-7-14-15-11(16-7)17-9-4-3-8(6-13-2)10(12)5-9/h3-5,13H,6H2,1-2H3. The van der Waals surface area contributed by atoms with Crippen LogP contribution < -0.4 is 5.32 Å². The molecule has 90 valence electrons. The van der Waals surface area contributed by atoms with Gasteiger partial charge >= 0.3 is 0 Å². The van der Waals surface area contributed by atoms with Gasteiger partial charge in [0.05, 0.1) is 0 Å². The fourth-order valence-electron chi connectivity index (χ4n) is 1.35. The van der Waals surface area contributed by atoms with E-state index in [1.165, 1.54) is 0 Å². The normalized spacial score (nSPS) is 10.8. The first-order valence-electron chi connectivity index (χ1n) is 5.10. The Kier molecular flexibility index (Phi) is 4.39. The van der Waals surface area contributed by atoms with Gasteiger partial charge in [-0.3, -0.25) is 0 Å². The minimum absolute atomic E-state index is 0.779. The predicted molar refractivity (Wildman–Crippen MR) is 73.0 cm³/mol. The van der Waals surface area contributed by atoms with E-state index in [0.717, 1.165) is 31.4 Å². The van der Waals surface area contributed by atoms with Gasteiger partial charge in [-0.15, -0.1) is 10.2 Å². The maximum atomic E-state index is 6.19. The van der Waals surface area contributed by atoms with Crippen LogP contribution in [0.15, 0.2) is 27.4 Å². The minimum Gasteiger partial charge on any atom is -0.316 e. The Morgan fingerprint density at radius 2 is 2.24 bits per heavy atom. The van der Waals surface area contributed by atoms with E-state index in [1.54, 1.807) is 23.1 Å². The topological polar surface area (TPSA) is 37.8 Å². The Morgan fingerprint density at radius 3 is 2.82 bits per heavy atom. The van der Waals surface area contributed by atoms with Crippen LogP contribution >= 0.6 is 34.7 Å². The summed E-state index contributed by atoms with van der Waals surface area (Å²) < 4.78 is 0.944. The monoisotopic (exact) mass is 285 g/mol. The quantitative estimate of drug-likeness (QED) is 0.935. The third-order valence-electron chi connectivity index (χ3n) is 2.10. The molecule has 0 aliphatic carbocycles. The number of hydrogen-bond donors (Lipinski definition) is 1. The third-order valence-corrected chi connectivity index (χ3v) is 4.34. The lowest BCUT2D eigenvalue weighted by Crippen LogP contribution is -2.05. The molecule has 1 aromatic heterocycles. The SMILES string of the molecule is CNCc1ccc(Sc2nnc(C)s2)cc1Cl. The van der Waals surface area contributed by atoms with Gasteiger partial charge in [-0.25, -0.2) is 0 Å². The van der Waals surface area contributed by atoms with Crippen LogP contribution in [0.2, 0.25) is 5.02 Å². The highest BCUT2D eigenvalue weighted by molar-refractivity contribution is 8.01. The van der Waals surface area contributed by atoms with Gasteiger partial charge in [-0.1, -0.05) is 40.8 Å². The number of aryl methyl sites for hydroxylation is 1. The van der Waals surface area contributed by atoms with Gasteiger partial charge < -0.3 is 5.32 Å². The number of benzene rings is 1. The second kappa shape index (κ2) is 5.82. The summed E-state index contributed by atoms with van der Waals surface area (Å²) in [6.45, 7) is 2.73. The molecule has 3 nitrogen and oxygen atoms in total. The van der Waals surface area contributed by atoms with Crippen LogP contribution in [0.25, 0.3) is 0 Å². The average Bonchev–Trinajstić information content (AvgIpc) is 2.68. The van der Waals surface area contributed by atoms with Gasteiger partial charge in [-0.05, 0) is 31.7 Å². The molecule has 0 aliphatic rings. The summed E-state index contributed by atoms with van der Waals surface area (Å²) in [5, 5.41) is 12.9. The van der Waals surface area contributed by atoms with Crippen LogP contribution in [0.1, 0.15) is 10.6 Å². The van der Waals surface area contributed by atoms with E-state index in [9.17, 15) is 0 Å². The number of nitrogens with zero attached hydrogens (tertiary/aromatic N) is 2. The number of hydrogen-bond acceptors (Lipinski definition) is 5. The fourth-order valence-corrected chi connectivity index (χ4v) is 3.49. The molecule has 0 saturated carbocycles. The molecule has 17 heavy (non-hydrogen) atoms. The number of halogens is 1. The molecular weight excluding hydrogens is 274 g/mol. The third kappa shape index (κ3) is 3.42. The van der Waals surface area contributed by atoms with Crippen LogP contribution in [0.5, 0.6) is 0 Å². The van der Waals surface area contributed by atoms with Crippen molar-refractivity contribution in [2.45, 2.75) is 22.7 Å². The molecule has 0 radical (unpaired) electrons. The highest BCUT2D eigenvalue weighted by Gasteiger charge is 2.06. The molecular formula is C11H12ClN3S2. The molecule has 2 rings (SSSR count). The van der Waals surface area contributed by atoms with E-state index in [-0.39, 0.29) is 0 Å². The van der Waals surface area contributed by atoms with Gasteiger partial charge in [0.2, 0.25) is 0 Å². The van der Waals surface area contributed by atoms with Crippen molar-refractivity contribution in [1.82, 2.24) is 15.5 Å². The summed E-state index contributed by atoms with van der Waals surface area (Å²) in [5.74, 6) is 0. The van der Waals surface area contributed by atoms with Crippen LogP contribution in [-0.2, 0) is 6.54 Å². The van der Waals surface area contributed by atoms with Gasteiger partial charge in [0, 0.05) is 16.5 Å². The Morgan fingerprint density at radius 1 is 1.41 bits per heavy atom. The summed E-state index contributed by atoms with van der Waals surface area (Å²) in [7, 11) is 1.91. The van der Waals surface area contributed by atoms with Crippen LogP contribution in [0, 0.1) is 6.92 Å². The van der Waals surface area contributed by atoms with Gasteiger partial charge in [-0.2, -0.15) is 0 Å². The summed E-state index contributed by atoms with van der Waals surface area (Å²) in [5.41, 5.74) is 1.10. The van der Waals surface area contributed by atoms with Gasteiger partial charge in [0.1, 0.15) is 5.01 Å². The average molecular weight is 286 g/mol. The van der Waals surface area contributed by atoms with E-state index in [0.29, 0.717) is 0 Å². The van der Waals surface area contributed by atoms with Gasteiger partial charge in [0.15, 0.2) is 4.34 Å². The molecule has 6 heteroatoms. The number of aromatic nitrogens is 2. The molecule has 0 atom stereocenters. The summed E-state index contributed by atoms with van der Waals surface area (Å²) in [4.78, 5) is 1.09. The van der Waals surface area contributed by atoms with E-state index < -0.39 is 0 Å². The zero-order valence-corrected chi connectivity index (χ0v) is 11.9. The number of rotatable bonds is 4. The maximum Gasteiger partial charge on any atom is 0.179 e. The molecule has 2 aromatic rings. The number of nitrogens with one attached hydrogen (secondary N) is 1. The molecule has 0 amide bonds. The van der Waals surface area contributed by atoms with E-state index >= 15 is 0 Å². The van der Waals surface area contributed by atoms with Crippen molar-refractivity contribution < 1.29 is 0 Å². The van der Waals surface area contributed by atoms with Crippen LogP contribution in [0.3, 0.4) is 0 Å². The van der Waals surface area contributed by atoms with Crippen molar-refractivity contribution in [2.24, 2.45) is 0 Å². The van der Waals surface area contributed by atoms with Gasteiger partial charge in [0.25, 0.3) is 0 Å². The molecule has 0 bridgehead atoms. The Balaban J connectivity index is 2.14. The largest absolute Gasteiger partial charge is 0.316 e. The maximum absolute atomic E-state index is 6.19. The van der Waals surface area contributed by atoms with Crippen LogP contribution in [0.4, 0.5) is 0 Å². The highest BCUT2D eigenvalue weighted by Crippen LogP contribution is 2.32. The first-order chi connectivity index (χ1) is 8.19. The minimum atomic E-state index is 0.779. The van der Waals surface area contributed by atoms with Crippen molar-refractivity contribution in [1.29, 1.82) is 0 Å². The fraction of sp³-hybridized carbons (Fsp3) is 0.273. The van der Waals surface area contributed by atoms with E-state index in [1.807, 2.05) is 26.1 Å². The highest BCUT2D eigenvalue weighted by atomic mass is 35.5. The lowest BCUT2D eigenvalue weighted by molar-refractivity contribution is 0.817. The second-order valence-corrected chi connectivity index (χ2v) is 6.38. The first kappa shape index (κ1) is 12.8. The lowest BCUT2D eigenvalue weighted by Gasteiger charge is -2.05. The molecule has 1 N–H and O–H groups in total. The Bertz CT molecular complexity index is 513.